The molecule has 0 bridgehead atoms. The number of unbranched alkanes of at least 4 members (excludes halogenated alkanes) is 2. The van der Waals surface area contributed by atoms with Crippen molar-refractivity contribution in [2.75, 3.05) is 32.1 Å². The van der Waals surface area contributed by atoms with E-state index in [0.29, 0.717) is 12.1 Å². The summed E-state index contributed by atoms with van der Waals surface area (Å²) in [6.45, 7) is 4.40. The Hall–Kier alpha value is -1.62. The molecular formula is C15H25N3O2. The highest BCUT2D eigenvalue weighted by Crippen LogP contribution is 2.13. The number of pyridine rings is 1. The maximum atomic E-state index is 12.1. The van der Waals surface area contributed by atoms with Crippen LogP contribution in [0.2, 0.25) is 0 Å². The number of amides is 1. The number of methoxy groups -OCH3 is 1. The Kier molecular flexibility index (Phi) is 8.38. The van der Waals surface area contributed by atoms with Gasteiger partial charge in [0, 0.05) is 39.2 Å². The summed E-state index contributed by atoms with van der Waals surface area (Å²) < 4.78 is 4.99. The second kappa shape index (κ2) is 10.2. The highest BCUT2D eigenvalue weighted by atomic mass is 16.5. The summed E-state index contributed by atoms with van der Waals surface area (Å²) in [6, 6.07) is 1.84. The lowest BCUT2D eigenvalue weighted by atomic mass is 10.2. The minimum Gasteiger partial charge on any atom is -0.385 e. The van der Waals surface area contributed by atoms with Crippen molar-refractivity contribution >= 4 is 11.6 Å². The van der Waals surface area contributed by atoms with Gasteiger partial charge in [-0.15, -0.1) is 0 Å². The minimum absolute atomic E-state index is 0.0663. The Bertz CT molecular complexity index is 396. The first-order valence-electron chi connectivity index (χ1n) is 7.24. The maximum absolute atomic E-state index is 12.1. The van der Waals surface area contributed by atoms with Crippen molar-refractivity contribution in [2.24, 2.45) is 0 Å². The first kappa shape index (κ1) is 16.4. The molecule has 0 fully saturated rings. The van der Waals surface area contributed by atoms with Crippen LogP contribution in [0.5, 0.6) is 0 Å². The predicted molar refractivity (Wildman–Crippen MR) is 81.1 cm³/mol. The van der Waals surface area contributed by atoms with Crippen molar-refractivity contribution in [1.29, 1.82) is 0 Å². The van der Waals surface area contributed by atoms with E-state index >= 15 is 0 Å². The molecule has 0 aliphatic heterocycles. The average molecular weight is 279 g/mol. The Morgan fingerprint density at radius 1 is 1.30 bits per heavy atom. The van der Waals surface area contributed by atoms with Crippen LogP contribution >= 0.6 is 0 Å². The van der Waals surface area contributed by atoms with Gasteiger partial charge in [0.1, 0.15) is 0 Å². The standard InChI is InChI=1S/C15H25N3O2/c1-3-8-17-14-7-10-16-12-13(14)15(19)18-9-5-4-6-11-20-2/h7,10,12H,3-6,8-9,11H2,1-2H3,(H,16,17)(H,18,19). The van der Waals surface area contributed by atoms with Crippen LogP contribution in [-0.2, 0) is 4.74 Å². The molecule has 0 aromatic carbocycles. The molecule has 1 aromatic heterocycles. The number of rotatable bonds is 10. The summed E-state index contributed by atoms with van der Waals surface area (Å²) in [6.07, 6.45) is 7.37. The summed E-state index contributed by atoms with van der Waals surface area (Å²) >= 11 is 0. The minimum atomic E-state index is -0.0663. The van der Waals surface area contributed by atoms with E-state index in [2.05, 4.69) is 22.5 Å². The molecule has 1 aromatic rings. The normalized spacial score (nSPS) is 10.3. The summed E-state index contributed by atoms with van der Waals surface area (Å²) in [7, 11) is 1.70. The predicted octanol–water partition coefficient (Wildman–Crippen LogP) is 2.45. The highest BCUT2D eigenvalue weighted by molar-refractivity contribution is 5.99. The lowest BCUT2D eigenvalue weighted by molar-refractivity contribution is 0.0953. The molecule has 20 heavy (non-hydrogen) atoms. The van der Waals surface area contributed by atoms with Gasteiger partial charge in [-0.05, 0) is 31.7 Å². The number of hydrogen-bond acceptors (Lipinski definition) is 4. The Balaban J connectivity index is 2.38. The van der Waals surface area contributed by atoms with Gasteiger partial charge < -0.3 is 15.4 Å². The van der Waals surface area contributed by atoms with Crippen LogP contribution in [0, 0.1) is 0 Å². The molecule has 0 saturated carbocycles. The van der Waals surface area contributed by atoms with Gasteiger partial charge in [-0.1, -0.05) is 6.92 Å². The molecule has 0 spiro atoms. The smallest absolute Gasteiger partial charge is 0.254 e. The fourth-order valence-electron chi connectivity index (χ4n) is 1.83. The van der Waals surface area contributed by atoms with Gasteiger partial charge in [-0.2, -0.15) is 0 Å². The molecule has 5 heteroatoms. The van der Waals surface area contributed by atoms with Gasteiger partial charge in [0.15, 0.2) is 0 Å². The van der Waals surface area contributed by atoms with Crippen molar-refractivity contribution in [3.05, 3.63) is 24.0 Å². The number of carbonyl (C=O) groups excluding carboxylic acids is 1. The number of aromatic nitrogens is 1. The molecule has 0 aliphatic carbocycles. The maximum Gasteiger partial charge on any atom is 0.254 e. The van der Waals surface area contributed by atoms with Crippen LogP contribution in [0.3, 0.4) is 0 Å². The van der Waals surface area contributed by atoms with Crippen LogP contribution in [0.1, 0.15) is 43.0 Å². The first-order valence-corrected chi connectivity index (χ1v) is 7.24. The van der Waals surface area contributed by atoms with Gasteiger partial charge in [0.2, 0.25) is 0 Å². The van der Waals surface area contributed by atoms with E-state index in [4.69, 9.17) is 4.74 Å². The number of nitrogens with zero attached hydrogens (tertiary/aromatic N) is 1. The van der Waals surface area contributed by atoms with E-state index in [1.54, 1.807) is 19.5 Å². The molecule has 0 unspecified atom stereocenters. The summed E-state index contributed by atoms with van der Waals surface area (Å²) in [5.74, 6) is -0.0663. The Morgan fingerprint density at radius 3 is 2.90 bits per heavy atom. The summed E-state index contributed by atoms with van der Waals surface area (Å²) in [5, 5.41) is 6.18. The van der Waals surface area contributed by atoms with E-state index in [9.17, 15) is 4.79 Å². The number of carbonyl (C=O) groups is 1. The van der Waals surface area contributed by atoms with Crippen LogP contribution in [0.4, 0.5) is 5.69 Å². The largest absolute Gasteiger partial charge is 0.385 e. The van der Waals surface area contributed by atoms with E-state index in [1.165, 1.54) is 0 Å². The van der Waals surface area contributed by atoms with E-state index in [-0.39, 0.29) is 5.91 Å². The number of nitrogens with one attached hydrogen (secondary N) is 2. The van der Waals surface area contributed by atoms with E-state index < -0.39 is 0 Å². The molecule has 112 valence electrons. The lowest BCUT2D eigenvalue weighted by Gasteiger charge is -2.11. The van der Waals surface area contributed by atoms with Crippen LogP contribution < -0.4 is 10.6 Å². The Labute approximate surface area is 121 Å². The monoisotopic (exact) mass is 279 g/mol. The van der Waals surface area contributed by atoms with Crippen molar-refractivity contribution in [3.8, 4) is 0 Å². The molecule has 1 heterocycles. The number of anilines is 1. The fraction of sp³-hybridized carbons (Fsp3) is 0.600. The number of ether oxygens (including phenoxy) is 1. The molecule has 1 rings (SSSR count). The third-order valence-corrected chi connectivity index (χ3v) is 2.94. The zero-order chi connectivity index (χ0) is 14.6. The van der Waals surface area contributed by atoms with Crippen LogP contribution in [-0.4, -0.2) is 37.7 Å². The number of hydrogen-bond donors (Lipinski definition) is 2. The second-order valence-corrected chi connectivity index (χ2v) is 4.66. The van der Waals surface area contributed by atoms with E-state index in [1.807, 2.05) is 6.07 Å². The quantitative estimate of drug-likeness (QED) is 0.646. The summed E-state index contributed by atoms with van der Waals surface area (Å²) in [4.78, 5) is 16.1. The van der Waals surface area contributed by atoms with Crippen LogP contribution in [0.25, 0.3) is 0 Å². The van der Waals surface area contributed by atoms with Gasteiger partial charge in [0.05, 0.1) is 11.3 Å². The topological polar surface area (TPSA) is 63.2 Å². The zero-order valence-electron chi connectivity index (χ0n) is 12.4. The molecule has 0 saturated heterocycles. The van der Waals surface area contributed by atoms with Gasteiger partial charge in [0.25, 0.3) is 5.91 Å². The molecule has 1 amide bonds. The van der Waals surface area contributed by atoms with Gasteiger partial charge >= 0.3 is 0 Å². The van der Waals surface area contributed by atoms with Gasteiger partial charge in [-0.3, -0.25) is 9.78 Å². The molecule has 0 radical (unpaired) electrons. The average Bonchev–Trinajstić information content (AvgIpc) is 2.48. The van der Waals surface area contributed by atoms with Crippen LogP contribution in [0.15, 0.2) is 18.5 Å². The molecule has 5 nitrogen and oxygen atoms in total. The van der Waals surface area contributed by atoms with Crippen molar-refractivity contribution in [2.45, 2.75) is 32.6 Å². The third-order valence-electron chi connectivity index (χ3n) is 2.94. The molecule has 0 atom stereocenters. The highest BCUT2D eigenvalue weighted by Gasteiger charge is 2.10. The Morgan fingerprint density at radius 2 is 2.15 bits per heavy atom. The lowest BCUT2D eigenvalue weighted by Crippen LogP contribution is -2.25. The van der Waals surface area contributed by atoms with E-state index in [0.717, 1.165) is 44.5 Å². The van der Waals surface area contributed by atoms with Crippen molar-refractivity contribution < 1.29 is 9.53 Å². The van der Waals surface area contributed by atoms with Crippen molar-refractivity contribution in [1.82, 2.24) is 10.3 Å². The molecule has 2 N–H and O–H groups in total. The third kappa shape index (κ3) is 6.02. The van der Waals surface area contributed by atoms with Crippen molar-refractivity contribution in [3.63, 3.8) is 0 Å². The fourth-order valence-corrected chi connectivity index (χ4v) is 1.83. The molecule has 0 aliphatic rings. The first-order chi connectivity index (χ1) is 9.79. The second-order valence-electron chi connectivity index (χ2n) is 4.66. The summed E-state index contributed by atoms with van der Waals surface area (Å²) in [5.41, 5.74) is 1.46. The zero-order valence-corrected chi connectivity index (χ0v) is 12.4. The SMILES string of the molecule is CCCNc1ccncc1C(=O)NCCCCCOC. The molecular weight excluding hydrogens is 254 g/mol. The van der Waals surface area contributed by atoms with Gasteiger partial charge in [-0.25, -0.2) is 0 Å².